The molecule has 0 radical (unpaired) electrons. The van der Waals surface area contributed by atoms with E-state index in [1.54, 1.807) is 20.8 Å². The lowest BCUT2D eigenvalue weighted by Crippen LogP contribution is -2.58. The molecule has 4 fully saturated rings. The Labute approximate surface area is 160 Å². The third-order valence-electron chi connectivity index (χ3n) is 7.72. The summed E-state index contributed by atoms with van der Waals surface area (Å²) in [7, 11) is 0. The molecule has 0 aromatic carbocycles. The van der Waals surface area contributed by atoms with Crippen LogP contribution >= 0.6 is 0 Å². The Balaban J connectivity index is 1.46. The van der Waals surface area contributed by atoms with Gasteiger partial charge in [0.05, 0.1) is 24.0 Å². The van der Waals surface area contributed by atoms with Gasteiger partial charge in [-0.2, -0.15) is 0 Å². The van der Waals surface area contributed by atoms with Crippen molar-refractivity contribution in [3.8, 4) is 0 Å². The normalized spacial score (nSPS) is 44.3. The number of hydrogen-bond donors (Lipinski definition) is 1. The quantitative estimate of drug-likeness (QED) is 0.600. The second kappa shape index (κ2) is 5.80. The highest BCUT2D eigenvalue weighted by molar-refractivity contribution is 5.77. The van der Waals surface area contributed by atoms with Gasteiger partial charge in [-0.25, -0.2) is 0 Å². The maximum Gasteiger partial charge on any atom is 0.314 e. The van der Waals surface area contributed by atoms with Crippen LogP contribution in [-0.4, -0.2) is 41.6 Å². The molecule has 6 heteroatoms. The highest BCUT2D eigenvalue weighted by atomic mass is 16.7. The van der Waals surface area contributed by atoms with Gasteiger partial charge in [-0.15, -0.1) is 0 Å². The van der Waals surface area contributed by atoms with Crippen molar-refractivity contribution in [1.29, 1.82) is 0 Å². The van der Waals surface area contributed by atoms with E-state index in [-0.39, 0.29) is 29.3 Å². The number of ether oxygens (including phenoxy) is 3. The first-order valence-corrected chi connectivity index (χ1v) is 9.95. The number of hydrogen-bond acceptors (Lipinski definition) is 6. The van der Waals surface area contributed by atoms with Gasteiger partial charge < -0.3 is 19.3 Å². The predicted octanol–water partition coefficient (Wildman–Crippen LogP) is 2.59. The van der Waals surface area contributed by atoms with E-state index in [1.807, 2.05) is 6.92 Å². The third-order valence-corrected chi connectivity index (χ3v) is 7.72. The second-order valence-electron chi connectivity index (χ2n) is 9.72. The summed E-state index contributed by atoms with van der Waals surface area (Å²) in [5.74, 6) is -0.878. The van der Waals surface area contributed by atoms with Gasteiger partial charge in [0.1, 0.15) is 6.10 Å². The van der Waals surface area contributed by atoms with E-state index >= 15 is 0 Å². The molecule has 2 spiro atoms. The second-order valence-corrected chi connectivity index (χ2v) is 9.72. The molecule has 0 aromatic heterocycles. The SMILES string of the molecule is C=C1[C@H]2C[C@@H](C[C@H]1OC(=O)C(C)(C)C(C)O)[C@@]21CO[C@@]2(C[C@@H](C)C(=O)O2)C1. The van der Waals surface area contributed by atoms with Crippen LogP contribution < -0.4 is 0 Å². The van der Waals surface area contributed by atoms with Crippen LogP contribution in [0.1, 0.15) is 53.4 Å². The van der Waals surface area contributed by atoms with Crippen molar-refractivity contribution in [3.05, 3.63) is 12.2 Å². The number of aliphatic hydroxyl groups is 1. The van der Waals surface area contributed by atoms with E-state index in [0.717, 1.165) is 18.4 Å². The Morgan fingerprint density at radius 2 is 2.11 bits per heavy atom. The average molecular weight is 378 g/mol. The van der Waals surface area contributed by atoms with Crippen LogP contribution in [0.4, 0.5) is 0 Å². The number of rotatable bonds is 3. The van der Waals surface area contributed by atoms with E-state index in [9.17, 15) is 14.7 Å². The zero-order valence-electron chi connectivity index (χ0n) is 16.6. The molecule has 1 unspecified atom stereocenters. The van der Waals surface area contributed by atoms with Crippen LogP contribution in [0, 0.1) is 28.6 Å². The molecule has 4 aliphatic rings. The number of esters is 2. The first-order chi connectivity index (χ1) is 12.5. The van der Waals surface area contributed by atoms with Gasteiger partial charge in [0, 0.05) is 18.3 Å². The largest absolute Gasteiger partial charge is 0.457 e. The molecular weight excluding hydrogens is 348 g/mol. The molecule has 4 rings (SSSR count). The van der Waals surface area contributed by atoms with Gasteiger partial charge in [0.2, 0.25) is 5.79 Å². The fraction of sp³-hybridized carbons (Fsp3) is 0.810. The van der Waals surface area contributed by atoms with Crippen LogP contribution in [0.25, 0.3) is 0 Å². The fourth-order valence-electron chi connectivity index (χ4n) is 5.37. The molecule has 2 saturated heterocycles. The van der Waals surface area contributed by atoms with Crippen LogP contribution in [0.15, 0.2) is 12.2 Å². The summed E-state index contributed by atoms with van der Waals surface area (Å²) in [6.07, 6.45) is 1.97. The molecule has 150 valence electrons. The molecular formula is C21H30O6. The van der Waals surface area contributed by atoms with Crippen molar-refractivity contribution in [1.82, 2.24) is 0 Å². The molecule has 2 aliphatic carbocycles. The lowest BCUT2D eigenvalue weighted by atomic mass is 9.44. The molecule has 27 heavy (non-hydrogen) atoms. The van der Waals surface area contributed by atoms with Crippen LogP contribution in [0.5, 0.6) is 0 Å². The molecule has 2 saturated carbocycles. The molecule has 2 aliphatic heterocycles. The van der Waals surface area contributed by atoms with Crippen molar-refractivity contribution in [2.75, 3.05) is 6.61 Å². The fourth-order valence-corrected chi connectivity index (χ4v) is 5.37. The standard InChI is InChI=1S/C21H30O6/c1-11-8-21(27-17(11)23)9-20(10-25-21)14-6-15(20)12(2)16(7-14)26-18(24)19(4,5)13(3)22/h11,13-16,22H,2,6-10H2,1,3-5H3/t11-,13?,14+,15-,16-,20-,21-/m1/s1. The van der Waals surface area contributed by atoms with Gasteiger partial charge in [-0.1, -0.05) is 13.5 Å². The zero-order chi connectivity index (χ0) is 19.8. The predicted molar refractivity (Wildman–Crippen MR) is 96.3 cm³/mol. The summed E-state index contributed by atoms with van der Waals surface area (Å²) in [4.78, 5) is 24.4. The van der Waals surface area contributed by atoms with Gasteiger partial charge >= 0.3 is 11.9 Å². The number of carbonyl (C=O) groups excluding carboxylic acids is 2. The summed E-state index contributed by atoms with van der Waals surface area (Å²) in [6, 6.07) is 0. The minimum absolute atomic E-state index is 0.0515. The van der Waals surface area contributed by atoms with Crippen molar-refractivity contribution < 1.29 is 28.9 Å². The minimum Gasteiger partial charge on any atom is -0.457 e. The van der Waals surface area contributed by atoms with Gasteiger partial charge in [-0.3, -0.25) is 9.59 Å². The smallest absolute Gasteiger partial charge is 0.314 e. The lowest BCUT2D eigenvalue weighted by Gasteiger charge is -2.60. The number of aliphatic hydroxyl groups excluding tert-OH is 1. The van der Waals surface area contributed by atoms with Crippen LogP contribution in [-0.2, 0) is 23.8 Å². The summed E-state index contributed by atoms with van der Waals surface area (Å²) < 4.78 is 17.4. The molecule has 7 atom stereocenters. The van der Waals surface area contributed by atoms with Gasteiger partial charge in [0.15, 0.2) is 0 Å². The van der Waals surface area contributed by atoms with Crippen molar-refractivity contribution >= 4 is 11.9 Å². The molecule has 6 nitrogen and oxygen atoms in total. The molecule has 0 aromatic rings. The van der Waals surface area contributed by atoms with E-state index in [0.29, 0.717) is 25.4 Å². The number of carbonyl (C=O) groups is 2. The van der Waals surface area contributed by atoms with Crippen molar-refractivity contribution in [2.24, 2.45) is 28.6 Å². The maximum atomic E-state index is 12.5. The Morgan fingerprint density at radius 3 is 2.67 bits per heavy atom. The third kappa shape index (κ3) is 2.59. The molecule has 0 amide bonds. The first kappa shape index (κ1) is 18.9. The van der Waals surface area contributed by atoms with Gasteiger partial charge in [0.25, 0.3) is 0 Å². The number of fused-ring (bicyclic) bond motifs is 4. The molecule has 1 N–H and O–H groups in total. The highest BCUT2D eigenvalue weighted by Gasteiger charge is 2.69. The van der Waals surface area contributed by atoms with E-state index < -0.39 is 23.3 Å². The van der Waals surface area contributed by atoms with Crippen molar-refractivity contribution in [2.45, 2.75) is 71.4 Å². The van der Waals surface area contributed by atoms with Gasteiger partial charge in [-0.05, 0) is 51.0 Å². The Morgan fingerprint density at radius 1 is 1.41 bits per heavy atom. The van der Waals surface area contributed by atoms with E-state index in [2.05, 4.69) is 6.58 Å². The summed E-state index contributed by atoms with van der Waals surface area (Å²) in [6.45, 7) is 11.7. The summed E-state index contributed by atoms with van der Waals surface area (Å²) >= 11 is 0. The van der Waals surface area contributed by atoms with Crippen LogP contribution in [0.2, 0.25) is 0 Å². The van der Waals surface area contributed by atoms with Crippen molar-refractivity contribution in [3.63, 3.8) is 0 Å². The average Bonchev–Trinajstić information content (AvgIpc) is 3.10. The lowest BCUT2D eigenvalue weighted by molar-refractivity contribution is -0.192. The summed E-state index contributed by atoms with van der Waals surface area (Å²) in [5, 5.41) is 9.85. The van der Waals surface area contributed by atoms with Crippen LogP contribution in [0.3, 0.4) is 0 Å². The minimum atomic E-state index is -0.950. The Hall–Kier alpha value is -1.40. The Kier molecular flexibility index (Phi) is 4.07. The molecule has 2 bridgehead atoms. The van der Waals surface area contributed by atoms with E-state index in [1.165, 1.54) is 0 Å². The zero-order valence-corrected chi connectivity index (χ0v) is 16.6. The van der Waals surface area contributed by atoms with E-state index in [4.69, 9.17) is 14.2 Å². The molecule has 2 heterocycles. The monoisotopic (exact) mass is 378 g/mol. The first-order valence-electron chi connectivity index (χ1n) is 9.95. The topological polar surface area (TPSA) is 82.1 Å². The summed E-state index contributed by atoms with van der Waals surface area (Å²) in [5.41, 5.74) is -0.0661. The Bertz CT molecular complexity index is 697. The maximum absolute atomic E-state index is 12.5. The highest BCUT2D eigenvalue weighted by Crippen LogP contribution is 2.68.